The number of halogens is 2. The summed E-state index contributed by atoms with van der Waals surface area (Å²) in [5.74, 6) is -0.812. The Balaban J connectivity index is 2.15. The van der Waals surface area contributed by atoms with Crippen LogP contribution in [0.5, 0.6) is 0 Å². The van der Waals surface area contributed by atoms with Gasteiger partial charge in [-0.2, -0.15) is 9.97 Å². The molecule has 0 aliphatic carbocycles. The summed E-state index contributed by atoms with van der Waals surface area (Å²) in [4.78, 5) is 19.7. The summed E-state index contributed by atoms with van der Waals surface area (Å²) in [7, 11) is 1.81. The largest absolute Gasteiger partial charge is 0.366 e. The smallest absolute Gasteiger partial charge is 0.250 e. The van der Waals surface area contributed by atoms with Gasteiger partial charge in [-0.1, -0.05) is 0 Å². The van der Waals surface area contributed by atoms with Gasteiger partial charge in [0.2, 0.25) is 5.28 Å². The van der Waals surface area contributed by atoms with Crippen molar-refractivity contribution in [1.29, 1.82) is 0 Å². The van der Waals surface area contributed by atoms with Crippen LogP contribution >= 0.6 is 11.6 Å². The van der Waals surface area contributed by atoms with Crippen molar-refractivity contribution in [3.05, 3.63) is 47.1 Å². The Morgan fingerprint density at radius 1 is 1.36 bits per heavy atom. The molecule has 0 spiro atoms. The van der Waals surface area contributed by atoms with E-state index in [1.165, 1.54) is 12.1 Å². The molecule has 0 saturated carbocycles. The molecular formula is C14H11ClFN5O. The number of aromatic nitrogens is 3. The molecule has 0 aliphatic heterocycles. The van der Waals surface area contributed by atoms with Crippen LogP contribution in [0, 0.1) is 5.82 Å². The number of nitrogens with one attached hydrogen (secondary N) is 1. The normalized spacial score (nSPS) is 10.9. The van der Waals surface area contributed by atoms with E-state index < -0.39 is 11.7 Å². The minimum absolute atomic E-state index is 0.0360. The lowest BCUT2D eigenvalue weighted by molar-refractivity contribution is 0.100. The van der Waals surface area contributed by atoms with E-state index in [2.05, 4.69) is 15.3 Å². The molecule has 8 heteroatoms. The number of primary amides is 1. The number of carbonyl (C=O) groups excluding carboxylic acids is 1. The molecule has 0 fully saturated rings. The highest BCUT2D eigenvalue weighted by Gasteiger charge is 2.14. The number of nitrogens with two attached hydrogens (primary N) is 1. The Hall–Kier alpha value is -2.67. The molecular weight excluding hydrogens is 309 g/mol. The summed E-state index contributed by atoms with van der Waals surface area (Å²) in [6.45, 7) is 0. The van der Waals surface area contributed by atoms with Crippen molar-refractivity contribution in [2.45, 2.75) is 0 Å². The van der Waals surface area contributed by atoms with Crippen LogP contribution in [0.25, 0.3) is 11.0 Å². The first-order chi connectivity index (χ1) is 10.5. The predicted molar refractivity (Wildman–Crippen MR) is 81.7 cm³/mol. The minimum Gasteiger partial charge on any atom is -0.366 e. The van der Waals surface area contributed by atoms with Crippen molar-refractivity contribution in [3.8, 4) is 0 Å². The lowest BCUT2D eigenvalue weighted by atomic mass is 10.1. The van der Waals surface area contributed by atoms with Gasteiger partial charge in [-0.05, 0) is 35.9 Å². The molecule has 6 nitrogen and oxygen atoms in total. The molecule has 1 aromatic carbocycles. The first kappa shape index (κ1) is 14.3. The Bertz CT molecular complexity index is 892. The quantitative estimate of drug-likeness (QED) is 0.727. The highest BCUT2D eigenvalue weighted by Crippen LogP contribution is 2.27. The van der Waals surface area contributed by atoms with E-state index in [0.717, 1.165) is 6.07 Å². The Morgan fingerprint density at radius 2 is 2.14 bits per heavy atom. The molecule has 2 aromatic heterocycles. The van der Waals surface area contributed by atoms with Crippen molar-refractivity contribution in [2.75, 3.05) is 5.32 Å². The number of hydrogen-bond donors (Lipinski definition) is 2. The third-order valence-corrected chi connectivity index (χ3v) is 3.37. The molecule has 0 aliphatic rings. The van der Waals surface area contributed by atoms with Gasteiger partial charge in [0.15, 0.2) is 0 Å². The first-order valence-corrected chi connectivity index (χ1v) is 6.68. The predicted octanol–water partition coefficient (Wildman–Crippen LogP) is 2.60. The average Bonchev–Trinajstić information content (AvgIpc) is 2.80. The number of carbonyl (C=O) groups is 1. The van der Waals surface area contributed by atoms with Gasteiger partial charge in [0.05, 0.1) is 16.6 Å². The van der Waals surface area contributed by atoms with Crippen LogP contribution < -0.4 is 11.1 Å². The van der Waals surface area contributed by atoms with E-state index in [9.17, 15) is 9.18 Å². The fourth-order valence-corrected chi connectivity index (χ4v) is 2.33. The number of anilines is 2. The zero-order chi connectivity index (χ0) is 15.9. The molecule has 0 atom stereocenters. The average molecular weight is 320 g/mol. The zero-order valence-corrected chi connectivity index (χ0v) is 12.2. The molecule has 0 bridgehead atoms. The van der Waals surface area contributed by atoms with Gasteiger partial charge in [-0.3, -0.25) is 4.79 Å². The third kappa shape index (κ3) is 2.46. The van der Waals surface area contributed by atoms with Crippen LogP contribution in [0.2, 0.25) is 5.28 Å². The molecule has 3 aromatic rings. The summed E-state index contributed by atoms with van der Waals surface area (Å²) in [5, 5.41) is 3.62. The van der Waals surface area contributed by atoms with Crippen molar-refractivity contribution in [3.63, 3.8) is 0 Å². The van der Waals surface area contributed by atoms with Gasteiger partial charge in [-0.15, -0.1) is 0 Å². The second kappa shape index (κ2) is 5.27. The van der Waals surface area contributed by atoms with E-state index in [1.54, 1.807) is 16.8 Å². The van der Waals surface area contributed by atoms with Gasteiger partial charge < -0.3 is 15.6 Å². The number of hydrogen-bond acceptors (Lipinski definition) is 4. The number of benzene rings is 1. The maximum Gasteiger partial charge on any atom is 0.250 e. The van der Waals surface area contributed by atoms with E-state index >= 15 is 0 Å². The van der Waals surface area contributed by atoms with Gasteiger partial charge in [0, 0.05) is 13.2 Å². The number of nitrogens with zero attached hydrogens (tertiary/aromatic N) is 3. The van der Waals surface area contributed by atoms with E-state index in [-0.39, 0.29) is 16.5 Å². The monoisotopic (exact) mass is 319 g/mol. The van der Waals surface area contributed by atoms with Crippen LogP contribution in [-0.2, 0) is 7.05 Å². The van der Waals surface area contributed by atoms with Crippen LogP contribution in [0.3, 0.4) is 0 Å². The first-order valence-electron chi connectivity index (χ1n) is 6.30. The SMILES string of the molecule is Cn1ccc2c(Nc3cc(F)ccc3C(N)=O)nc(Cl)nc21. The Kier molecular flexibility index (Phi) is 3.42. The topological polar surface area (TPSA) is 85.8 Å². The number of amides is 1. The minimum atomic E-state index is -0.674. The van der Waals surface area contributed by atoms with Gasteiger partial charge >= 0.3 is 0 Å². The summed E-state index contributed by atoms with van der Waals surface area (Å²) in [6, 6.07) is 5.43. The highest BCUT2D eigenvalue weighted by atomic mass is 35.5. The maximum atomic E-state index is 13.5. The summed E-state index contributed by atoms with van der Waals surface area (Å²) in [5.41, 5.74) is 6.28. The molecule has 0 unspecified atom stereocenters. The molecule has 112 valence electrons. The highest BCUT2D eigenvalue weighted by molar-refractivity contribution is 6.28. The number of aryl methyl sites for hydroxylation is 1. The van der Waals surface area contributed by atoms with E-state index in [4.69, 9.17) is 17.3 Å². The summed E-state index contributed by atoms with van der Waals surface area (Å²) >= 11 is 5.91. The van der Waals surface area contributed by atoms with E-state index in [1.807, 2.05) is 7.05 Å². The second-order valence-corrected chi connectivity index (χ2v) is 5.02. The standard InChI is InChI=1S/C14H11ClFN5O/c1-21-5-4-9-12(19-14(15)20-13(9)21)18-10-6-7(16)2-3-8(10)11(17)22/h2-6H,1H3,(H2,17,22)(H,18,19,20). The number of rotatable bonds is 3. The fourth-order valence-electron chi connectivity index (χ4n) is 2.17. The van der Waals surface area contributed by atoms with Crippen LogP contribution in [0.4, 0.5) is 15.9 Å². The summed E-state index contributed by atoms with van der Waals surface area (Å²) < 4.78 is 15.2. The van der Waals surface area contributed by atoms with Crippen LogP contribution in [0.1, 0.15) is 10.4 Å². The van der Waals surface area contributed by atoms with Crippen molar-refractivity contribution in [1.82, 2.24) is 14.5 Å². The molecule has 0 radical (unpaired) electrons. The molecule has 2 heterocycles. The maximum absolute atomic E-state index is 13.5. The molecule has 0 saturated heterocycles. The summed E-state index contributed by atoms with van der Waals surface area (Å²) in [6.07, 6.45) is 1.79. The molecule has 1 amide bonds. The molecule has 3 rings (SSSR count). The lowest BCUT2D eigenvalue weighted by Crippen LogP contribution is -2.13. The molecule has 3 N–H and O–H groups in total. The third-order valence-electron chi connectivity index (χ3n) is 3.20. The zero-order valence-electron chi connectivity index (χ0n) is 11.5. The van der Waals surface area contributed by atoms with E-state index in [0.29, 0.717) is 16.9 Å². The van der Waals surface area contributed by atoms with Gasteiger partial charge in [0.1, 0.15) is 17.3 Å². The van der Waals surface area contributed by atoms with Crippen molar-refractivity contribution >= 4 is 40.0 Å². The Morgan fingerprint density at radius 3 is 2.86 bits per heavy atom. The van der Waals surface area contributed by atoms with Gasteiger partial charge in [0.25, 0.3) is 5.91 Å². The van der Waals surface area contributed by atoms with Crippen LogP contribution in [0.15, 0.2) is 30.5 Å². The lowest BCUT2D eigenvalue weighted by Gasteiger charge is -2.11. The van der Waals surface area contributed by atoms with Crippen molar-refractivity contribution in [2.24, 2.45) is 12.8 Å². The number of fused-ring (bicyclic) bond motifs is 1. The second-order valence-electron chi connectivity index (χ2n) is 4.68. The fraction of sp³-hybridized carbons (Fsp3) is 0.0714. The Labute approximate surface area is 129 Å². The van der Waals surface area contributed by atoms with Crippen molar-refractivity contribution < 1.29 is 9.18 Å². The van der Waals surface area contributed by atoms with Gasteiger partial charge in [-0.25, -0.2) is 4.39 Å². The molecule has 22 heavy (non-hydrogen) atoms. The van der Waals surface area contributed by atoms with Crippen LogP contribution in [-0.4, -0.2) is 20.4 Å².